The van der Waals surface area contributed by atoms with Crippen LogP contribution in [0.2, 0.25) is 0 Å². The van der Waals surface area contributed by atoms with Crippen molar-refractivity contribution in [1.29, 1.82) is 0 Å². The molecule has 1 aliphatic rings. The summed E-state index contributed by atoms with van der Waals surface area (Å²) in [7, 11) is 1.99. The van der Waals surface area contributed by atoms with Crippen LogP contribution < -0.4 is 5.32 Å². The molecule has 3 unspecified atom stereocenters. The van der Waals surface area contributed by atoms with Gasteiger partial charge in [-0.1, -0.05) is 42.1 Å². The van der Waals surface area contributed by atoms with Gasteiger partial charge in [0, 0.05) is 4.47 Å². The van der Waals surface area contributed by atoms with E-state index in [4.69, 9.17) is 0 Å². The van der Waals surface area contributed by atoms with Crippen LogP contribution in [0.3, 0.4) is 0 Å². The first kappa shape index (κ1) is 16.0. The van der Waals surface area contributed by atoms with Gasteiger partial charge in [-0.25, -0.2) is 4.39 Å². The third-order valence-electron chi connectivity index (χ3n) is 4.62. The molecule has 1 nitrogen and oxygen atoms in total. The van der Waals surface area contributed by atoms with Crippen LogP contribution >= 0.6 is 15.9 Å². The van der Waals surface area contributed by atoms with Crippen LogP contribution in [0.15, 0.2) is 22.7 Å². The standard InChI is InChI=1S/C17H25BrFN/c1-3-4-12-5-6-13(11-20-2)15(9-12)16-10-14(18)7-8-17(16)19/h7-8,10,12-13,15,20H,3-6,9,11H2,1-2H3. The summed E-state index contributed by atoms with van der Waals surface area (Å²) in [5.41, 5.74) is 0.903. The fourth-order valence-electron chi connectivity index (χ4n) is 3.68. The SMILES string of the molecule is CCCC1CCC(CNC)C(c2cc(Br)ccc2F)C1. The van der Waals surface area contributed by atoms with Crippen molar-refractivity contribution in [3.63, 3.8) is 0 Å². The number of rotatable bonds is 5. The molecule has 1 aromatic carbocycles. The Bertz CT molecular complexity index is 435. The third kappa shape index (κ3) is 3.82. The van der Waals surface area contributed by atoms with E-state index in [0.29, 0.717) is 11.8 Å². The van der Waals surface area contributed by atoms with Crippen molar-refractivity contribution in [2.45, 2.75) is 44.9 Å². The Morgan fingerprint density at radius 3 is 2.85 bits per heavy atom. The van der Waals surface area contributed by atoms with Gasteiger partial charge in [0.05, 0.1) is 0 Å². The van der Waals surface area contributed by atoms with E-state index in [9.17, 15) is 4.39 Å². The molecule has 0 aliphatic heterocycles. The zero-order chi connectivity index (χ0) is 14.5. The summed E-state index contributed by atoms with van der Waals surface area (Å²) < 4.78 is 15.2. The quantitative estimate of drug-likeness (QED) is 0.784. The molecule has 3 atom stereocenters. The van der Waals surface area contributed by atoms with Crippen LogP contribution in [0.25, 0.3) is 0 Å². The zero-order valence-electron chi connectivity index (χ0n) is 12.5. The van der Waals surface area contributed by atoms with Crippen LogP contribution in [-0.2, 0) is 0 Å². The highest BCUT2D eigenvalue weighted by Gasteiger charge is 2.32. The van der Waals surface area contributed by atoms with Crippen molar-refractivity contribution in [2.75, 3.05) is 13.6 Å². The Kier molecular flexibility index (Phi) is 6.03. The van der Waals surface area contributed by atoms with Gasteiger partial charge in [0.1, 0.15) is 5.82 Å². The second-order valence-corrected chi connectivity index (χ2v) is 6.97. The lowest BCUT2D eigenvalue weighted by molar-refractivity contribution is 0.219. The van der Waals surface area contributed by atoms with Gasteiger partial charge in [-0.05, 0) is 68.0 Å². The third-order valence-corrected chi connectivity index (χ3v) is 5.12. The number of halogens is 2. The minimum atomic E-state index is -0.0450. The summed E-state index contributed by atoms with van der Waals surface area (Å²) in [6.07, 6.45) is 6.15. The van der Waals surface area contributed by atoms with Gasteiger partial charge in [-0.3, -0.25) is 0 Å². The molecule has 2 rings (SSSR count). The van der Waals surface area contributed by atoms with E-state index in [2.05, 4.69) is 28.2 Å². The molecule has 0 saturated heterocycles. The van der Waals surface area contributed by atoms with Crippen molar-refractivity contribution >= 4 is 15.9 Å². The average molecular weight is 342 g/mol. The molecular weight excluding hydrogens is 317 g/mol. The summed E-state index contributed by atoms with van der Waals surface area (Å²) in [4.78, 5) is 0. The Balaban J connectivity index is 2.23. The molecule has 1 fully saturated rings. The zero-order valence-corrected chi connectivity index (χ0v) is 14.0. The van der Waals surface area contributed by atoms with Crippen molar-refractivity contribution in [1.82, 2.24) is 5.32 Å². The molecular formula is C17H25BrFN. The van der Waals surface area contributed by atoms with E-state index in [1.807, 2.05) is 13.1 Å². The van der Waals surface area contributed by atoms with Gasteiger partial charge in [0.15, 0.2) is 0 Å². The maximum absolute atomic E-state index is 14.2. The van der Waals surface area contributed by atoms with Gasteiger partial charge in [-0.2, -0.15) is 0 Å². The van der Waals surface area contributed by atoms with E-state index in [-0.39, 0.29) is 5.82 Å². The first-order chi connectivity index (χ1) is 9.65. The molecule has 0 spiro atoms. The second kappa shape index (κ2) is 7.56. The molecule has 0 radical (unpaired) electrons. The summed E-state index contributed by atoms with van der Waals surface area (Å²) in [6, 6.07) is 5.37. The van der Waals surface area contributed by atoms with Crippen LogP contribution in [0.4, 0.5) is 4.39 Å². The van der Waals surface area contributed by atoms with Gasteiger partial charge >= 0.3 is 0 Å². The van der Waals surface area contributed by atoms with Crippen molar-refractivity contribution in [2.24, 2.45) is 11.8 Å². The Labute approximate surface area is 130 Å². The highest BCUT2D eigenvalue weighted by Crippen LogP contribution is 2.43. The van der Waals surface area contributed by atoms with Crippen LogP contribution in [0.5, 0.6) is 0 Å². The molecule has 0 aromatic heterocycles. The van der Waals surface area contributed by atoms with E-state index >= 15 is 0 Å². The van der Waals surface area contributed by atoms with Gasteiger partial charge < -0.3 is 5.32 Å². The molecule has 112 valence electrons. The Hall–Kier alpha value is -0.410. The molecule has 1 N–H and O–H groups in total. The van der Waals surface area contributed by atoms with Crippen LogP contribution in [-0.4, -0.2) is 13.6 Å². The highest BCUT2D eigenvalue weighted by molar-refractivity contribution is 9.10. The largest absolute Gasteiger partial charge is 0.319 e. The maximum atomic E-state index is 14.2. The smallest absolute Gasteiger partial charge is 0.126 e. The number of hydrogen-bond donors (Lipinski definition) is 1. The monoisotopic (exact) mass is 341 g/mol. The van der Waals surface area contributed by atoms with E-state index in [1.165, 1.54) is 25.7 Å². The lowest BCUT2D eigenvalue weighted by Gasteiger charge is -2.37. The van der Waals surface area contributed by atoms with Crippen LogP contribution in [0, 0.1) is 17.7 Å². The van der Waals surface area contributed by atoms with E-state index < -0.39 is 0 Å². The first-order valence-corrected chi connectivity index (χ1v) is 8.54. The van der Waals surface area contributed by atoms with Gasteiger partial charge in [0.25, 0.3) is 0 Å². The predicted molar refractivity (Wildman–Crippen MR) is 86.5 cm³/mol. The molecule has 20 heavy (non-hydrogen) atoms. The van der Waals surface area contributed by atoms with Crippen molar-refractivity contribution < 1.29 is 4.39 Å². The summed E-state index contributed by atoms with van der Waals surface area (Å²) in [6.45, 7) is 3.23. The molecule has 0 bridgehead atoms. The first-order valence-electron chi connectivity index (χ1n) is 7.75. The predicted octanol–water partition coefficient (Wildman–Crippen LogP) is 5.11. The highest BCUT2D eigenvalue weighted by atomic mass is 79.9. The fourth-order valence-corrected chi connectivity index (χ4v) is 4.06. The van der Waals surface area contributed by atoms with Gasteiger partial charge in [0.2, 0.25) is 0 Å². The van der Waals surface area contributed by atoms with E-state index in [0.717, 1.165) is 28.9 Å². The topological polar surface area (TPSA) is 12.0 Å². The summed E-state index contributed by atoms with van der Waals surface area (Å²) >= 11 is 3.49. The second-order valence-electron chi connectivity index (χ2n) is 6.06. The maximum Gasteiger partial charge on any atom is 0.126 e. The molecule has 3 heteroatoms. The minimum Gasteiger partial charge on any atom is -0.319 e. The summed E-state index contributed by atoms with van der Waals surface area (Å²) in [5.74, 6) is 1.62. The summed E-state index contributed by atoms with van der Waals surface area (Å²) in [5, 5.41) is 3.28. The van der Waals surface area contributed by atoms with Crippen molar-refractivity contribution in [3.05, 3.63) is 34.1 Å². The Morgan fingerprint density at radius 1 is 1.35 bits per heavy atom. The molecule has 1 saturated carbocycles. The number of nitrogens with one attached hydrogen (secondary N) is 1. The van der Waals surface area contributed by atoms with E-state index in [1.54, 1.807) is 12.1 Å². The van der Waals surface area contributed by atoms with Gasteiger partial charge in [-0.15, -0.1) is 0 Å². The number of benzene rings is 1. The fraction of sp³-hybridized carbons (Fsp3) is 0.647. The Morgan fingerprint density at radius 2 is 2.15 bits per heavy atom. The normalized spacial score (nSPS) is 26.7. The number of hydrogen-bond acceptors (Lipinski definition) is 1. The minimum absolute atomic E-state index is 0.0450. The lowest BCUT2D eigenvalue weighted by Crippen LogP contribution is -2.31. The lowest BCUT2D eigenvalue weighted by atomic mass is 9.70. The van der Waals surface area contributed by atoms with Crippen molar-refractivity contribution in [3.8, 4) is 0 Å². The molecule has 0 heterocycles. The molecule has 1 aromatic rings. The molecule has 0 amide bonds. The van der Waals surface area contributed by atoms with Crippen LogP contribution in [0.1, 0.15) is 50.5 Å². The molecule has 1 aliphatic carbocycles. The average Bonchev–Trinajstić information content (AvgIpc) is 2.44.